The van der Waals surface area contributed by atoms with Gasteiger partial charge in [0.1, 0.15) is 15.4 Å². The van der Waals surface area contributed by atoms with Crippen LogP contribution in [0.15, 0.2) is 0 Å². The van der Waals surface area contributed by atoms with E-state index in [1.807, 2.05) is 0 Å². The monoisotopic (exact) mass is 316 g/mol. The Morgan fingerprint density at radius 1 is 1.05 bits per heavy atom. The first-order valence-corrected chi connectivity index (χ1v) is 10.1. The predicted molar refractivity (Wildman–Crippen MR) is 83.0 cm³/mol. The lowest BCUT2D eigenvalue weighted by Gasteiger charge is -2.36. The Morgan fingerprint density at radius 3 is 2.19 bits per heavy atom. The molecule has 0 radical (unpaired) electrons. The molecule has 122 valence electrons. The molecule has 2 saturated carbocycles. The summed E-state index contributed by atoms with van der Waals surface area (Å²) in [7, 11) is -1.41. The lowest BCUT2D eigenvalue weighted by molar-refractivity contribution is -0.148. The van der Waals surface area contributed by atoms with Crippen LogP contribution in [0.3, 0.4) is 0 Å². The Balaban J connectivity index is 2.13. The van der Waals surface area contributed by atoms with Crippen LogP contribution in [0.5, 0.6) is 0 Å². The van der Waals surface area contributed by atoms with Crippen LogP contribution < -0.4 is 0 Å². The number of rotatable bonds is 4. The maximum Gasteiger partial charge on any atom is 0.167 e. The van der Waals surface area contributed by atoms with Crippen LogP contribution >= 0.6 is 0 Å². The largest absolute Gasteiger partial charge is 0.370 e. The van der Waals surface area contributed by atoms with Gasteiger partial charge in [-0.15, -0.1) is 0 Å². The molecule has 0 aromatic heterocycles. The van der Waals surface area contributed by atoms with E-state index in [9.17, 15) is 13.2 Å². The van der Waals surface area contributed by atoms with Gasteiger partial charge < -0.3 is 4.74 Å². The van der Waals surface area contributed by atoms with Crippen LogP contribution in [0.2, 0.25) is 0 Å². The smallest absolute Gasteiger partial charge is 0.167 e. The molecule has 2 fully saturated rings. The Kier molecular flexibility index (Phi) is 5.47. The van der Waals surface area contributed by atoms with Gasteiger partial charge in [0.15, 0.2) is 5.78 Å². The number of sulfone groups is 1. The molecular weight excluding hydrogens is 288 g/mol. The number of ether oxygens (including phenoxy) is 1. The molecule has 21 heavy (non-hydrogen) atoms. The summed E-state index contributed by atoms with van der Waals surface area (Å²) in [5, 5.41) is -0.347. The van der Waals surface area contributed by atoms with Gasteiger partial charge in [0, 0.05) is 19.3 Å². The quantitative estimate of drug-likeness (QED) is 0.748. The SMILES string of the molecule is COC1(C(=O)C2CCCC(S(C)(=O)=O)C2)CCCCCC1. The van der Waals surface area contributed by atoms with Crippen LogP contribution in [-0.4, -0.2) is 38.4 Å². The van der Waals surface area contributed by atoms with Crippen molar-refractivity contribution in [2.45, 2.75) is 75.1 Å². The normalized spacial score (nSPS) is 30.6. The molecule has 2 atom stereocenters. The minimum atomic E-state index is -3.05. The summed E-state index contributed by atoms with van der Waals surface area (Å²) >= 11 is 0. The van der Waals surface area contributed by atoms with Gasteiger partial charge in [-0.1, -0.05) is 32.1 Å². The van der Waals surface area contributed by atoms with Crippen LogP contribution in [0.4, 0.5) is 0 Å². The van der Waals surface area contributed by atoms with Crippen molar-refractivity contribution < 1.29 is 17.9 Å². The van der Waals surface area contributed by atoms with Gasteiger partial charge in [0.05, 0.1) is 5.25 Å². The fourth-order valence-corrected chi connectivity index (χ4v) is 5.17. The van der Waals surface area contributed by atoms with E-state index in [0.717, 1.165) is 51.4 Å². The highest BCUT2D eigenvalue weighted by Crippen LogP contribution is 2.38. The highest BCUT2D eigenvalue weighted by molar-refractivity contribution is 7.91. The lowest BCUT2D eigenvalue weighted by Crippen LogP contribution is -2.46. The molecule has 0 bridgehead atoms. The number of methoxy groups -OCH3 is 1. The van der Waals surface area contributed by atoms with Crippen LogP contribution in [0, 0.1) is 5.92 Å². The third-order valence-corrected chi connectivity index (χ3v) is 6.99. The van der Waals surface area contributed by atoms with Gasteiger partial charge in [-0.05, 0) is 32.1 Å². The van der Waals surface area contributed by atoms with Crippen LogP contribution in [0.25, 0.3) is 0 Å². The predicted octanol–water partition coefficient (Wildman–Crippen LogP) is 2.90. The van der Waals surface area contributed by atoms with Crippen molar-refractivity contribution in [2.24, 2.45) is 5.92 Å². The first-order chi connectivity index (χ1) is 9.89. The molecule has 2 aliphatic rings. The van der Waals surface area contributed by atoms with Gasteiger partial charge in [-0.25, -0.2) is 8.42 Å². The fraction of sp³-hybridized carbons (Fsp3) is 0.938. The second-order valence-corrected chi connectivity index (χ2v) is 9.12. The molecular formula is C16H28O4S. The summed E-state index contributed by atoms with van der Waals surface area (Å²) in [6, 6.07) is 0. The van der Waals surface area contributed by atoms with Crippen LogP contribution in [-0.2, 0) is 19.4 Å². The minimum Gasteiger partial charge on any atom is -0.370 e. The third kappa shape index (κ3) is 3.86. The Hall–Kier alpha value is -0.420. The van der Waals surface area contributed by atoms with Crippen molar-refractivity contribution in [3.63, 3.8) is 0 Å². The molecule has 0 saturated heterocycles. The van der Waals surface area contributed by atoms with Crippen molar-refractivity contribution in [1.29, 1.82) is 0 Å². The van der Waals surface area contributed by atoms with E-state index >= 15 is 0 Å². The van der Waals surface area contributed by atoms with E-state index in [4.69, 9.17) is 4.74 Å². The van der Waals surface area contributed by atoms with Crippen molar-refractivity contribution in [2.75, 3.05) is 13.4 Å². The summed E-state index contributed by atoms with van der Waals surface area (Å²) in [6.45, 7) is 0. The summed E-state index contributed by atoms with van der Waals surface area (Å²) < 4.78 is 29.3. The van der Waals surface area contributed by atoms with Gasteiger partial charge in [-0.2, -0.15) is 0 Å². The topological polar surface area (TPSA) is 60.4 Å². The molecule has 5 heteroatoms. The second kappa shape index (κ2) is 6.78. The molecule has 0 aromatic rings. The standard InChI is InChI=1S/C16H28O4S/c1-20-16(10-5-3-4-6-11-16)15(17)13-8-7-9-14(12-13)21(2,18)19/h13-14H,3-12H2,1-2H3. The lowest BCUT2D eigenvalue weighted by atomic mass is 9.76. The number of hydrogen-bond acceptors (Lipinski definition) is 4. The number of ketones is 1. The van der Waals surface area contributed by atoms with Crippen molar-refractivity contribution in [3.8, 4) is 0 Å². The number of hydrogen-bond donors (Lipinski definition) is 0. The van der Waals surface area contributed by atoms with Crippen molar-refractivity contribution in [1.82, 2.24) is 0 Å². The Labute approximate surface area is 128 Å². The van der Waals surface area contributed by atoms with E-state index < -0.39 is 15.4 Å². The van der Waals surface area contributed by atoms with Gasteiger partial charge in [-0.3, -0.25) is 4.79 Å². The molecule has 0 spiro atoms. The highest BCUT2D eigenvalue weighted by Gasteiger charge is 2.44. The maximum atomic E-state index is 13.0. The molecule has 2 aliphatic carbocycles. The van der Waals surface area contributed by atoms with Gasteiger partial charge >= 0.3 is 0 Å². The summed E-state index contributed by atoms with van der Waals surface area (Å²) in [6.07, 6.45) is 10.1. The Bertz CT molecular complexity index is 461. The summed E-state index contributed by atoms with van der Waals surface area (Å²) in [5.74, 6) is 0.0248. The number of Topliss-reactive ketones (excluding diaryl/α,β-unsaturated/α-hetero) is 1. The molecule has 0 heterocycles. The number of carbonyl (C=O) groups excluding carboxylic acids is 1. The summed E-state index contributed by atoms with van der Waals surface area (Å²) in [4.78, 5) is 13.0. The van der Waals surface area contributed by atoms with E-state index in [1.165, 1.54) is 6.26 Å². The molecule has 2 rings (SSSR count). The maximum absolute atomic E-state index is 13.0. The Morgan fingerprint density at radius 2 is 1.67 bits per heavy atom. The molecule has 4 nitrogen and oxygen atoms in total. The van der Waals surface area contributed by atoms with E-state index in [0.29, 0.717) is 12.8 Å². The van der Waals surface area contributed by atoms with Crippen molar-refractivity contribution >= 4 is 15.6 Å². The minimum absolute atomic E-state index is 0.142. The summed E-state index contributed by atoms with van der Waals surface area (Å²) in [5.41, 5.74) is -0.652. The molecule has 0 N–H and O–H groups in total. The van der Waals surface area contributed by atoms with E-state index in [-0.39, 0.29) is 17.0 Å². The first-order valence-electron chi connectivity index (χ1n) is 8.17. The zero-order chi connectivity index (χ0) is 15.5. The molecule has 0 aliphatic heterocycles. The molecule has 0 aromatic carbocycles. The number of carbonyl (C=O) groups is 1. The van der Waals surface area contributed by atoms with Crippen LogP contribution in [0.1, 0.15) is 64.2 Å². The third-order valence-electron chi connectivity index (χ3n) is 5.35. The zero-order valence-corrected chi connectivity index (χ0v) is 14.1. The van der Waals surface area contributed by atoms with E-state index in [1.54, 1.807) is 7.11 Å². The van der Waals surface area contributed by atoms with Crippen molar-refractivity contribution in [3.05, 3.63) is 0 Å². The average molecular weight is 316 g/mol. The van der Waals surface area contributed by atoms with E-state index in [2.05, 4.69) is 0 Å². The zero-order valence-electron chi connectivity index (χ0n) is 13.3. The average Bonchev–Trinajstić information content (AvgIpc) is 2.72. The second-order valence-electron chi connectivity index (χ2n) is 6.79. The highest BCUT2D eigenvalue weighted by atomic mass is 32.2. The van der Waals surface area contributed by atoms with Gasteiger partial charge in [0.25, 0.3) is 0 Å². The first kappa shape index (κ1) is 16.9. The molecule has 2 unspecified atom stereocenters. The van der Waals surface area contributed by atoms with Gasteiger partial charge in [0.2, 0.25) is 0 Å². The molecule has 0 amide bonds. The fourth-order valence-electron chi connectivity index (χ4n) is 3.99.